The van der Waals surface area contributed by atoms with Crippen LogP contribution in [-0.4, -0.2) is 22.8 Å². The maximum Gasteiger partial charge on any atom is 0.270 e. The molecule has 0 aliphatic carbocycles. The summed E-state index contributed by atoms with van der Waals surface area (Å²) in [6.45, 7) is 3.93. The van der Waals surface area contributed by atoms with Crippen LogP contribution >= 0.6 is 27.5 Å². The van der Waals surface area contributed by atoms with Crippen molar-refractivity contribution < 1.29 is 4.79 Å². The molecule has 0 saturated heterocycles. The Bertz CT molecular complexity index is 356. The normalized spacial score (nSPS) is 14.2. The minimum atomic E-state index is -0.169. The van der Waals surface area contributed by atoms with Gasteiger partial charge in [0.15, 0.2) is 0 Å². The van der Waals surface area contributed by atoms with Crippen molar-refractivity contribution in [3.63, 3.8) is 0 Å². The number of halogens is 2. The van der Waals surface area contributed by atoms with Crippen LogP contribution in [0.1, 0.15) is 24.3 Å². The topological polar surface area (TPSA) is 42.0 Å². The quantitative estimate of drug-likeness (QED) is 0.869. The molecule has 0 saturated carbocycles. The van der Waals surface area contributed by atoms with Crippen molar-refractivity contribution in [2.45, 2.75) is 19.9 Å². The summed E-state index contributed by atoms with van der Waals surface area (Å²) < 4.78 is 0.853. The third-order valence-corrected chi connectivity index (χ3v) is 3.37. The van der Waals surface area contributed by atoms with E-state index in [1.54, 1.807) is 18.3 Å². The largest absolute Gasteiger partial charge is 0.348 e. The molecule has 2 atom stereocenters. The summed E-state index contributed by atoms with van der Waals surface area (Å²) in [5.74, 6) is 0.591. The number of hydrogen-bond acceptors (Lipinski definition) is 2. The highest BCUT2D eigenvalue weighted by atomic mass is 79.9. The Morgan fingerprint density at radius 1 is 1.56 bits per heavy atom. The van der Waals surface area contributed by atoms with Crippen molar-refractivity contribution in [3.8, 4) is 0 Å². The number of nitrogens with zero attached hydrogens (tertiary/aromatic N) is 1. The first-order valence-electron chi connectivity index (χ1n) is 5.03. The highest BCUT2D eigenvalue weighted by Gasteiger charge is 2.15. The molecule has 0 radical (unpaired) electrons. The van der Waals surface area contributed by atoms with Crippen molar-refractivity contribution in [3.05, 3.63) is 28.5 Å². The van der Waals surface area contributed by atoms with Crippen LogP contribution in [0.4, 0.5) is 0 Å². The highest BCUT2D eigenvalue weighted by molar-refractivity contribution is 9.10. The molecule has 1 aromatic heterocycles. The number of rotatable bonds is 4. The van der Waals surface area contributed by atoms with Crippen LogP contribution in [0.2, 0.25) is 0 Å². The molecule has 5 heteroatoms. The van der Waals surface area contributed by atoms with E-state index in [4.69, 9.17) is 11.6 Å². The van der Waals surface area contributed by atoms with Crippen molar-refractivity contribution in [2.75, 3.05) is 5.88 Å². The fourth-order valence-corrected chi connectivity index (χ4v) is 1.57. The van der Waals surface area contributed by atoms with E-state index < -0.39 is 0 Å². The lowest BCUT2D eigenvalue weighted by atomic mass is 10.1. The average Bonchev–Trinajstić information content (AvgIpc) is 2.28. The van der Waals surface area contributed by atoms with Gasteiger partial charge in [-0.1, -0.05) is 6.92 Å². The number of pyridine rings is 1. The number of hydrogen-bond donors (Lipinski definition) is 1. The summed E-state index contributed by atoms with van der Waals surface area (Å²) in [4.78, 5) is 15.8. The molecule has 0 bridgehead atoms. The predicted octanol–water partition coefficient (Wildman–Crippen LogP) is 2.84. The van der Waals surface area contributed by atoms with E-state index in [9.17, 15) is 4.79 Å². The zero-order chi connectivity index (χ0) is 12.1. The van der Waals surface area contributed by atoms with E-state index in [2.05, 4.69) is 26.2 Å². The summed E-state index contributed by atoms with van der Waals surface area (Å²) >= 11 is 8.99. The van der Waals surface area contributed by atoms with E-state index in [1.165, 1.54) is 0 Å². The summed E-state index contributed by atoms with van der Waals surface area (Å²) in [5, 5.41) is 2.87. The van der Waals surface area contributed by atoms with Crippen LogP contribution in [0, 0.1) is 5.92 Å². The Labute approximate surface area is 109 Å². The van der Waals surface area contributed by atoms with Gasteiger partial charge in [-0.25, -0.2) is 4.98 Å². The van der Waals surface area contributed by atoms with Crippen molar-refractivity contribution in [2.24, 2.45) is 5.92 Å². The van der Waals surface area contributed by atoms with Gasteiger partial charge in [-0.05, 0) is 40.9 Å². The number of nitrogens with one attached hydrogen (secondary N) is 1. The lowest BCUT2D eigenvalue weighted by Crippen LogP contribution is -2.38. The van der Waals surface area contributed by atoms with Crippen molar-refractivity contribution in [1.29, 1.82) is 0 Å². The second-order valence-corrected chi connectivity index (χ2v) is 4.98. The molecule has 1 rings (SSSR count). The Balaban J connectivity index is 2.62. The molecule has 1 heterocycles. The van der Waals surface area contributed by atoms with Crippen molar-refractivity contribution in [1.82, 2.24) is 10.3 Å². The highest BCUT2D eigenvalue weighted by Crippen LogP contribution is 2.09. The first-order chi connectivity index (χ1) is 7.54. The van der Waals surface area contributed by atoms with Crippen LogP contribution in [0.3, 0.4) is 0 Å². The molecule has 0 aliphatic heterocycles. The molecular weight excluding hydrogens is 291 g/mol. The van der Waals surface area contributed by atoms with Crippen molar-refractivity contribution >= 4 is 33.4 Å². The van der Waals surface area contributed by atoms with Gasteiger partial charge in [0.1, 0.15) is 5.69 Å². The lowest BCUT2D eigenvalue weighted by molar-refractivity contribution is 0.0926. The molecule has 0 fully saturated rings. The minimum absolute atomic E-state index is 0.0375. The SMILES string of the molecule is CC(CCl)C(C)NC(=O)c1ccc(Br)cn1. The Morgan fingerprint density at radius 3 is 2.75 bits per heavy atom. The third-order valence-electron chi connectivity index (χ3n) is 2.42. The minimum Gasteiger partial charge on any atom is -0.348 e. The van der Waals surface area contributed by atoms with Gasteiger partial charge in [-0.2, -0.15) is 0 Å². The summed E-state index contributed by atoms with van der Waals surface area (Å²) in [6, 6.07) is 3.50. The molecule has 0 aromatic carbocycles. The lowest BCUT2D eigenvalue weighted by Gasteiger charge is -2.18. The van der Waals surface area contributed by atoms with Gasteiger partial charge >= 0.3 is 0 Å². The molecule has 1 aromatic rings. The van der Waals surface area contributed by atoms with Gasteiger partial charge < -0.3 is 5.32 Å². The summed E-state index contributed by atoms with van der Waals surface area (Å²) in [7, 11) is 0. The van der Waals surface area contributed by atoms with Gasteiger partial charge in [-0.3, -0.25) is 4.79 Å². The standard InChI is InChI=1S/C11H14BrClN2O/c1-7(5-13)8(2)15-11(16)10-4-3-9(12)6-14-10/h3-4,6-8H,5H2,1-2H3,(H,15,16). The number of carbonyl (C=O) groups excluding carboxylic acids is 1. The maximum absolute atomic E-state index is 11.8. The molecule has 3 nitrogen and oxygen atoms in total. The van der Waals surface area contributed by atoms with E-state index >= 15 is 0 Å². The van der Waals surface area contributed by atoms with Crippen LogP contribution in [0.25, 0.3) is 0 Å². The molecule has 0 spiro atoms. The Kier molecular flexibility index (Phi) is 5.22. The third kappa shape index (κ3) is 3.76. The van der Waals surface area contributed by atoms with E-state index in [1.807, 2.05) is 13.8 Å². The summed E-state index contributed by atoms with van der Waals surface area (Å²) in [5.41, 5.74) is 0.414. The molecular formula is C11H14BrClN2O. The smallest absolute Gasteiger partial charge is 0.270 e. The maximum atomic E-state index is 11.8. The monoisotopic (exact) mass is 304 g/mol. The van der Waals surface area contributed by atoms with Crippen LogP contribution in [0.5, 0.6) is 0 Å². The van der Waals surface area contributed by atoms with Crippen LogP contribution < -0.4 is 5.32 Å². The molecule has 1 amide bonds. The second-order valence-electron chi connectivity index (χ2n) is 3.76. The number of aromatic nitrogens is 1. The molecule has 1 N–H and O–H groups in total. The second kappa shape index (κ2) is 6.21. The molecule has 88 valence electrons. The zero-order valence-corrected chi connectivity index (χ0v) is 11.5. The van der Waals surface area contributed by atoms with Gasteiger partial charge in [0, 0.05) is 22.6 Å². The number of carbonyl (C=O) groups is 1. The van der Waals surface area contributed by atoms with Crippen LogP contribution in [0.15, 0.2) is 22.8 Å². The predicted molar refractivity (Wildman–Crippen MR) is 68.7 cm³/mol. The van der Waals surface area contributed by atoms with E-state index in [0.29, 0.717) is 11.6 Å². The molecule has 2 unspecified atom stereocenters. The first kappa shape index (κ1) is 13.5. The number of alkyl halides is 1. The van der Waals surface area contributed by atoms with Crippen LogP contribution in [-0.2, 0) is 0 Å². The van der Waals surface area contributed by atoms with E-state index in [0.717, 1.165) is 4.47 Å². The Morgan fingerprint density at radius 2 is 2.25 bits per heavy atom. The van der Waals surface area contributed by atoms with Gasteiger partial charge in [0.25, 0.3) is 5.91 Å². The zero-order valence-electron chi connectivity index (χ0n) is 9.21. The van der Waals surface area contributed by atoms with Gasteiger partial charge in [-0.15, -0.1) is 11.6 Å². The fourth-order valence-electron chi connectivity index (χ4n) is 1.07. The first-order valence-corrected chi connectivity index (χ1v) is 6.35. The molecule has 0 aliphatic rings. The average molecular weight is 306 g/mol. The number of amides is 1. The van der Waals surface area contributed by atoms with E-state index in [-0.39, 0.29) is 17.9 Å². The Hall–Kier alpha value is -0.610. The van der Waals surface area contributed by atoms with Gasteiger partial charge in [0.05, 0.1) is 0 Å². The fraction of sp³-hybridized carbons (Fsp3) is 0.455. The van der Waals surface area contributed by atoms with Gasteiger partial charge in [0.2, 0.25) is 0 Å². The summed E-state index contributed by atoms with van der Waals surface area (Å²) in [6.07, 6.45) is 1.60. The molecule has 16 heavy (non-hydrogen) atoms.